The molecular weight excluding hydrogens is 335 g/mol. The average molecular weight is 350 g/mol. The maximum absolute atomic E-state index is 13.9. The van der Waals surface area contributed by atoms with Crippen molar-refractivity contribution in [2.75, 3.05) is 23.5 Å². The molecule has 1 fully saturated rings. The number of sulfone groups is 1. The lowest BCUT2D eigenvalue weighted by Gasteiger charge is -2.18. The average Bonchev–Trinajstić information content (AvgIpc) is 2.66. The van der Waals surface area contributed by atoms with Crippen LogP contribution in [0.25, 0.3) is 0 Å². The number of nitrogens with zero attached hydrogens (tertiary/aromatic N) is 1. The van der Waals surface area contributed by atoms with E-state index in [9.17, 15) is 26.0 Å². The van der Waals surface area contributed by atoms with Gasteiger partial charge in [-0.2, -0.15) is 0 Å². The summed E-state index contributed by atoms with van der Waals surface area (Å²) in [4.78, 5) is 12.9. The van der Waals surface area contributed by atoms with Crippen LogP contribution < -0.4 is 10.0 Å². The fourth-order valence-corrected chi connectivity index (χ4v) is 3.91. The van der Waals surface area contributed by atoms with Crippen LogP contribution in [0.15, 0.2) is 23.1 Å². The van der Waals surface area contributed by atoms with Crippen LogP contribution in [0, 0.1) is 11.7 Å². The molecule has 10 heteroatoms. The van der Waals surface area contributed by atoms with Crippen molar-refractivity contribution < 1.29 is 26.0 Å². The second kappa shape index (κ2) is 5.60. The minimum atomic E-state index is -3.75. The molecule has 1 aliphatic rings. The van der Waals surface area contributed by atoms with Gasteiger partial charge in [0.1, 0.15) is 5.82 Å². The van der Waals surface area contributed by atoms with Gasteiger partial charge in [0.15, 0.2) is 9.84 Å². The minimum Gasteiger partial charge on any atom is -0.309 e. The Morgan fingerprint density at radius 1 is 1.32 bits per heavy atom. The molecule has 0 aliphatic carbocycles. The molecule has 1 amide bonds. The summed E-state index contributed by atoms with van der Waals surface area (Å²) >= 11 is 0. The van der Waals surface area contributed by atoms with Crippen molar-refractivity contribution in [3.63, 3.8) is 0 Å². The molecule has 0 bridgehead atoms. The molecule has 1 unspecified atom stereocenters. The summed E-state index contributed by atoms with van der Waals surface area (Å²) in [6.07, 6.45) is 0.887. The second-order valence-corrected chi connectivity index (χ2v) is 8.96. The zero-order chi connectivity index (χ0) is 16.7. The van der Waals surface area contributed by atoms with Gasteiger partial charge in [-0.15, -0.1) is 0 Å². The lowest BCUT2D eigenvalue weighted by molar-refractivity contribution is -0.117. The highest BCUT2D eigenvalue weighted by molar-refractivity contribution is 7.90. The molecule has 2 rings (SSSR count). The maximum atomic E-state index is 13.9. The summed E-state index contributed by atoms with van der Waals surface area (Å²) in [5.74, 6) is -2.16. The minimum absolute atomic E-state index is 0.0284. The Kier molecular flexibility index (Phi) is 4.28. The Morgan fingerprint density at radius 3 is 2.50 bits per heavy atom. The molecule has 122 valence electrons. The van der Waals surface area contributed by atoms with Gasteiger partial charge >= 0.3 is 0 Å². The highest BCUT2D eigenvalue weighted by Gasteiger charge is 2.34. The number of anilines is 1. The van der Waals surface area contributed by atoms with E-state index in [0.717, 1.165) is 29.4 Å². The number of benzene rings is 1. The third kappa shape index (κ3) is 3.81. The SMILES string of the molecule is CS(=O)(=O)c1ccc(F)c(N2CC(CS(N)(=O)=O)CC2=O)c1. The molecule has 1 saturated heterocycles. The molecule has 0 aromatic heterocycles. The lowest BCUT2D eigenvalue weighted by Crippen LogP contribution is -2.28. The van der Waals surface area contributed by atoms with Gasteiger partial charge in [0, 0.05) is 25.1 Å². The molecule has 0 radical (unpaired) electrons. The number of nitrogens with two attached hydrogens (primary N) is 1. The van der Waals surface area contributed by atoms with E-state index in [-0.39, 0.29) is 29.3 Å². The number of halogens is 1. The number of hydrogen-bond donors (Lipinski definition) is 1. The van der Waals surface area contributed by atoms with Gasteiger partial charge in [-0.3, -0.25) is 4.79 Å². The lowest BCUT2D eigenvalue weighted by atomic mass is 10.1. The molecule has 0 spiro atoms. The van der Waals surface area contributed by atoms with Crippen LogP contribution >= 0.6 is 0 Å². The van der Waals surface area contributed by atoms with E-state index in [1.165, 1.54) is 0 Å². The van der Waals surface area contributed by atoms with Crippen molar-refractivity contribution in [2.45, 2.75) is 11.3 Å². The van der Waals surface area contributed by atoms with Crippen molar-refractivity contribution in [2.24, 2.45) is 11.1 Å². The highest BCUT2D eigenvalue weighted by Crippen LogP contribution is 2.29. The number of sulfonamides is 1. The number of rotatable bonds is 4. The van der Waals surface area contributed by atoms with E-state index >= 15 is 0 Å². The molecule has 1 atom stereocenters. The third-order valence-corrected chi connectivity index (χ3v) is 5.36. The van der Waals surface area contributed by atoms with Crippen LogP contribution in [0.1, 0.15) is 6.42 Å². The van der Waals surface area contributed by atoms with Gasteiger partial charge in [0.2, 0.25) is 15.9 Å². The first-order chi connectivity index (χ1) is 9.97. The summed E-state index contributed by atoms with van der Waals surface area (Å²) in [5.41, 5.74) is -0.176. The summed E-state index contributed by atoms with van der Waals surface area (Å²) in [6, 6.07) is 3.14. The van der Waals surface area contributed by atoms with Crippen molar-refractivity contribution in [1.29, 1.82) is 0 Å². The molecule has 1 aliphatic heterocycles. The second-order valence-electron chi connectivity index (χ2n) is 5.29. The highest BCUT2D eigenvalue weighted by atomic mass is 32.2. The normalized spacial score (nSPS) is 19.7. The van der Waals surface area contributed by atoms with E-state index < -0.39 is 37.5 Å². The van der Waals surface area contributed by atoms with Gasteiger partial charge in [-0.25, -0.2) is 26.4 Å². The van der Waals surface area contributed by atoms with Crippen LogP contribution in [0.3, 0.4) is 0 Å². The number of amides is 1. The standard InChI is InChI=1S/C12H15FN2O5S2/c1-21(17,18)9-2-3-10(13)11(5-9)15-6-8(4-12(15)16)7-22(14,19)20/h2-3,5,8H,4,6-7H2,1H3,(H2,14,19,20). The molecule has 7 nitrogen and oxygen atoms in total. The Morgan fingerprint density at radius 2 is 1.95 bits per heavy atom. The van der Waals surface area contributed by atoms with Crippen molar-refractivity contribution in [3.05, 3.63) is 24.0 Å². The van der Waals surface area contributed by atoms with Gasteiger partial charge in [0.25, 0.3) is 0 Å². The van der Waals surface area contributed by atoms with Crippen LogP contribution in [0.4, 0.5) is 10.1 Å². The molecule has 1 heterocycles. The zero-order valence-corrected chi connectivity index (χ0v) is 13.3. The molecule has 2 N–H and O–H groups in total. The number of primary sulfonamides is 1. The fourth-order valence-electron chi connectivity index (χ4n) is 2.38. The van der Waals surface area contributed by atoms with E-state index in [1.807, 2.05) is 0 Å². The van der Waals surface area contributed by atoms with Gasteiger partial charge in [0.05, 0.1) is 16.3 Å². The van der Waals surface area contributed by atoms with Gasteiger partial charge < -0.3 is 4.90 Å². The smallest absolute Gasteiger partial charge is 0.227 e. The van der Waals surface area contributed by atoms with Crippen LogP contribution in [-0.4, -0.2) is 41.3 Å². The quantitative estimate of drug-likeness (QED) is 0.760. The fraction of sp³-hybridized carbons (Fsp3) is 0.417. The Hall–Kier alpha value is -1.52. The largest absolute Gasteiger partial charge is 0.309 e. The topological polar surface area (TPSA) is 115 Å². The van der Waals surface area contributed by atoms with Gasteiger partial charge in [-0.1, -0.05) is 0 Å². The predicted molar refractivity (Wildman–Crippen MR) is 77.9 cm³/mol. The maximum Gasteiger partial charge on any atom is 0.227 e. The van der Waals surface area contributed by atoms with E-state index in [4.69, 9.17) is 5.14 Å². The third-order valence-electron chi connectivity index (χ3n) is 3.31. The van der Waals surface area contributed by atoms with Crippen molar-refractivity contribution in [3.8, 4) is 0 Å². The first-order valence-corrected chi connectivity index (χ1v) is 9.88. The van der Waals surface area contributed by atoms with E-state index in [1.54, 1.807) is 0 Å². The van der Waals surface area contributed by atoms with E-state index in [2.05, 4.69) is 0 Å². The summed E-state index contributed by atoms with van der Waals surface area (Å²) in [7, 11) is -7.30. The van der Waals surface area contributed by atoms with Crippen LogP contribution in [-0.2, 0) is 24.7 Å². The van der Waals surface area contributed by atoms with Crippen molar-refractivity contribution >= 4 is 31.5 Å². The van der Waals surface area contributed by atoms with Gasteiger partial charge in [-0.05, 0) is 18.2 Å². The Labute approximate surface area is 127 Å². The summed E-state index contributed by atoms with van der Waals surface area (Å²) in [5, 5.41) is 4.94. The predicted octanol–water partition coefficient (Wildman–Crippen LogP) is -0.129. The summed E-state index contributed by atoms with van der Waals surface area (Å²) in [6.45, 7) is -0.0284. The first-order valence-electron chi connectivity index (χ1n) is 6.28. The molecule has 0 saturated carbocycles. The summed E-state index contributed by atoms with van der Waals surface area (Å²) < 4.78 is 59.1. The van der Waals surface area contributed by atoms with Crippen LogP contribution in [0.5, 0.6) is 0 Å². The number of carbonyl (C=O) groups is 1. The zero-order valence-electron chi connectivity index (χ0n) is 11.7. The van der Waals surface area contributed by atoms with E-state index in [0.29, 0.717) is 0 Å². The molecule has 22 heavy (non-hydrogen) atoms. The molecule has 1 aromatic carbocycles. The van der Waals surface area contributed by atoms with Crippen molar-refractivity contribution in [1.82, 2.24) is 0 Å². The first kappa shape index (κ1) is 16.8. The Bertz CT molecular complexity index is 820. The monoisotopic (exact) mass is 350 g/mol. The number of hydrogen-bond acceptors (Lipinski definition) is 5. The number of carbonyl (C=O) groups excluding carboxylic acids is 1. The van der Waals surface area contributed by atoms with Crippen LogP contribution in [0.2, 0.25) is 0 Å². The molecule has 1 aromatic rings. The Balaban J connectivity index is 2.34. The molecular formula is C12H15FN2O5S2.